The number of aryl methyl sites for hydroxylation is 2. The highest BCUT2D eigenvalue weighted by Gasteiger charge is 2.26. The molecule has 1 N–H and O–H groups in total. The normalized spacial score (nSPS) is 11.5. The third-order valence-electron chi connectivity index (χ3n) is 5.35. The third kappa shape index (κ3) is 7.31. The van der Waals surface area contributed by atoms with Crippen LogP contribution in [0.1, 0.15) is 43.4 Å². The maximum atomic E-state index is 13.1. The Kier molecular flexibility index (Phi) is 9.38. The lowest BCUT2D eigenvalue weighted by Crippen LogP contribution is -2.49. The summed E-state index contributed by atoms with van der Waals surface area (Å²) in [6, 6.07) is 12.6. The lowest BCUT2D eigenvalue weighted by Gasteiger charge is -2.29. The van der Waals surface area contributed by atoms with Gasteiger partial charge in [-0.25, -0.2) is 0 Å². The fourth-order valence-corrected chi connectivity index (χ4v) is 3.08. The van der Waals surface area contributed by atoms with Crippen LogP contribution in [0.15, 0.2) is 42.5 Å². The Hall–Kier alpha value is -3.02. The number of amides is 2. The summed E-state index contributed by atoms with van der Waals surface area (Å²) in [6.45, 7) is 8.62. The lowest BCUT2D eigenvalue weighted by molar-refractivity contribution is -0.142. The van der Waals surface area contributed by atoms with E-state index in [2.05, 4.69) is 12.2 Å². The maximum Gasteiger partial charge on any atom is 0.261 e. The first-order valence-corrected chi connectivity index (χ1v) is 10.8. The summed E-state index contributed by atoms with van der Waals surface area (Å²) in [5.41, 5.74) is 3.18. The quantitative estimate of drug-likeness (QED) is 0.551. The van der Waals surface area contributed by atoms with Gasteiger partial charge < -0.3 is 19.7 Å². The molecule has 1 atom stereocenters. The Balaban J connectivity index is 2.12. The van der Waals surface area contributed by atoms with E-state index in [1.54, 1.807) is 18.9 Å². The predicted octanol–water partition coefficient (Wildman–Crippen LogP) is 4.02. The highest BCUT2D eigenvalue weighted by atomic mass is 16.5. The van der Waals surface area contributed by atoms with Gasteiger partial charge >= 0.3 is 0 Å². The van der Waals surface area contributed by atoms with Crippen molar-refractivity contribution in [3.05, 3.63) is 59.2 Å². The van der Waals surface area contributed by atoms with Gasteiger partial charge in [0.2, 0.25) is 5.91 Å². The number of nitrogens with one attached hydrogen (secondary N) is 1. The van der Waals surface area contributed by atoms with E-state index in [4.69, 9.17) is 9.47 Å². The fraction of sp³-hybridized carbons (Fsp3) is 0.440. The van der Waals surface area contributed by atoms with Crippen molar-refractivity contribution in [2.24, 2.45) is 0 Å². The number of rotatable bonds is 11. The van der Waals surface area contributed by atoms with Crippen molar-refractivity contribution in [1.82, 2.24) is 10.2 Å². The molecule has 0 radical (unpaired) electrons. The first-order valence-electron chi connectivity index (χ1n) is 10.8. The molecule has 2 amide bonds. The molecule has 2 aromatic rings. The summed E-state index contributed by atoms with van der Waals surface area (Å²) >= 11 is 0. The smallest absolute Gasteiger partial charge is 0.261 e. The summed E-state index contributed by atoms with van der Waals surface area (Å²) in [4.78, 5) is 27.3. The van der Waals surface area contributed by atoms with Crippen LogP contribution < -0.4 is 14.8 Å². The Labute approximate surface area is 185 Å². The van der Waals surface area contributed by atoms with Gasteiger partial charge in [-0.05, 0) is 68.1 Å². The summed E-state index contributed by atoms with van der Waals surface area (Å²) < 4.78 is 10.9. The minimum absolute atomic E-state index is 0.134. The van der Waals surface area contributed by atoms with Crippen LogP contribution in [-0.4, -0.2) is 43.0 Å². The highest BCUT2D eigenvalue weighted by Crippen LogP contribution is 2.18. The van der Waals surface area contributed by atoms with Gasteiger partial charge in [0, 0.05) is 13.1 Å². The van der Waals surface area contributed by atoms with Gasteiger partial charge in [-0.2, -0.15) is 0 Å². The maximum absolute atomic E-state index is 13.1. The van der Waals surface area contributed by atoms with Crippen LogP contribution in [0.5, 0.6) is 11.5 Å². The lowest BCUT2D eigenvalue weighted by atomic mass is 10.1. The molecule has 0 fully saturated rings. The SMILES string of the molecule is CCCCNC(=O)[C@@H](C)N(Cc1ccc(OC)cc1)C(=O)COc1ccc(C)c(C)c1. The van der Waals surface area contributed by atoms with Gasteiger partial charge in [0.15, 0.2) is 6.61 Å². The van der Waals surface area contributed by atoms with Crippen molar-refractivity contribution in [3.8, 4) is 11.5 Å². The molecule has 0 aromatic heterocycles. The fourth-order valence-electron chi connectivity index (χ4n) is 3.08. The van der Waals surface area contributed by atoms with Gasteiger partial charge in [-0.15, -0.1) is 0 Å². The van der Waals surface area contributed by atoms with Crippen molar-refractivity contribution < 1.29 is 19.1 Å². The number of ether oxygens (including phenoxy) is 2. The van der Waals surface area contributed by atoms with Gasteiger partial charge in [0.05, 0.1) is 7.11 Å². The second-order valence-corrected chi connectivity index (χ2v) is 7.73. The molecular formula is C25H34N2O4. The van der Waals surface area contributed by atoms with Gasteiger partial charge in [0.1, 0.15) is 17.5 Å². The molecule has 0 saturated heterocycles. The van der Waals surface area contributed by atoms with Crippen LogP contribution in [-0.2, 0) is 16.1 Å². The topological polar surface area (TPSA) is 67.9 Å². The molecule has 0 aliphatic heterocycles. The van der Waals surface area contributed by atoms with E-state index in [0.717, 1.165) is 35.3 Å². The Bertz CT molecular complexity index is 864. The molecule has 0 heterocycles. The first kappa shape index (κ1) is 24.3. The van der Waals surface area contributed by atoms with E-state index in [1.807, 2.05) is 56.3 Å². The zero-order valence-corrected chi connectivity index (χ0v) is 19.2. The number of unbranched alkanes of at least 4 members (excludes halogenated alkanes) is 1. The Morgan fingerprint density at radius 3 is 2.32 bits per heavy atom. The summed E-state index contributed by atoms with van der Waals surface area (Å²) in [6.07, 6.45) is 1.90. The third-order valence-corrected chi connectivity index (χ3v) is 5.35. The van der Waals surface area contributed by atoms with Crippen molar-refractivity contribution >= 4 is 11.8 Å². The second kappa shape index (κ2) is 12.0. The molecule has 0 aliphatic rings. The highest BCUT2D eigenvalue weighted by molar-refractivity contribution is 5.87. The molecule has 6 nitrogen and oxygen atoms in total. The van der Waals surface area contributed by atoms with Crippen molar-refractivity contribution in [2.45, 2.75) is 53.1 Å². The van der Waals surface area contributed by atoms with E-state index >= 15 is 0 Å². The van der Waals surface area contributed by atoms with Crippen molar-refractivity contribution in [1.29, 1.82) is 0 Å². The van der Waals surface area contributed by atoms with Gasteiger partial charge in [-0.3, -0.25) is 9.59 Å². The van der Waals surface area contributed by atoms with E-state index in [9.17, 15) is 9.59 Å². The summed E-state index contributed by atoms with van der Waals surface area (Å²) in [5.74, 6) is 0.972. The first-order chi connectivity index (χ1) is 14.8. The number of carbonyl (C=O) groups excluding carboxylic acids is 2. The predicted molar refractivity (Wildman–Crippen MR) is 122 cm³/mol. The van der Waals surface area contributed by atoms with Crippen LogP contribution >= 0.6 is 0 Å². The molecule has 31 heavy (non-hydrogen) atoms. The molecule has 168 valence electrons. The molecule has 0 bridgehead atoms. The molecule has 0 unspecified atom stereocenters. The Morgan fingerprint density at radius 1 is 1.03 bits per heavy atom. The van der Waals surface area contributed by atoms with Crippen LogP contribution in [0.4, 0.5) is 0 Å². The van der Waals surface area contributed by atoms with Crippen molar-refractivity contribution in [2.75, 3.05) is 20.3 Å². The number of hydrogen-bond donors (Lipinski definition) is 1. The van der Waals surface area contributed by atoms with Crippen LogP contribution in [0, 0.1) is 13.8 Å². The number of hydrogen-bond acceptors (Lipinski definition) is 4. The zero-order valence-electron chi connectivity index (χ0n) is 19.2. The van der Waals surface area contributed by atoms with Crippen LogP contribution in [0.2, 0.25) is 0 Å². The second-order valence-electron chi connectivity index (χ2n) is 7.73. The molecule has 2 aromatic carbocycles. The van der Waals surface area contributed by atoms with E-state index < -0.39 is 6.04 Å². The van der Waals surface area contributed by atoms with E-state index in [-0.39, 0.29) is 18.4 Å². The standard InChI is InChI=1S/C25H34N2O4/c1-6-7-14-26-25(29)20(4)27(16-21-9-12-22(30-5)13-10-21)24(28)17-31-23-11-8-18(2)19(3)15-23/h8-13,15,20H,6-7,14,16-17H2,1-5H3,(H,26,29)/t20-/m1/s1. The molecule has 0 aliphatic carbocycles. The zero-order chi connectivity index (χ0) is 22.8. The van der Waals surface area contributed by atoms with E-state index in [0.29, 0.717) is 18.8 Å². The molecule has 6 heteroatoms. The summed E-state index contributed by atoms with van der Waals surface area (Å²) in [5, 5.41) is 2.92. The molecule has 0 saturated carbocycles. The Morgan fingerprint density at radius 2 is 1.71 bits per heavy atom. The van der Waals surface area contributed by atoms with Crippen LogP contribution in [0.25, 0.3) is 0 Å². The minimum atomic E-state index is -0.616. The minimum Gasteiger partial charge on any atom is -0.497 e. The number of carbonyl (C=O) groups is 2. The molecule has 2 rings (SSSR count). The van der Waals surface area contributed by atoms with Gasteiger partial charge in [0.25, 0.3) is 5.91 Å². The number of methoxy groups -OCH3 is 1. The summed E-state index contributed by atoms with van der Waals surface area (Å²) in [7, 11) is 1.61. The van der Waals surface area contributed by atoms with Crippen molar-refractivity contribution in [3.63, 3.8) is 0 Å². The number of nitrogens with zero attached hydrogens (tertiary/aromatic N) is 1. The average molecular weight is 427 g/mol. The molecular weight excluding hydrogens is 392 g/mol. The molecule has 0 spiro atoms. The largest absolute Gasteiger partial charge is 0.497 e. The van der Waals surface area contributed by atoms with Gasteiger partial charge in [-0.1, -0.05) is 31.5 Å². The average Bonchev–Trinajstić information content (AvgIpc) is 2.78. The van der Waals surface area contributed by atoms with Crippen LogP contribution in [0.3, 0.4) is 0 Å². The number of benzene rings is 2. The van der Waals surface area contributed by atoms with E-state index in [1.165, 1.54) is 0 Å². The monoisotopic (exact) mass is 426 g/mol.